The van der Waals surface area contributed by atoms with Crippen LogP contribution in [-0.4, -0.2) is 110 Å². The van der Waals surface area contributed by atoms with E-state index in [-0.39, 0.29) is 52.9 Å². The van der Waals surface area contributed by atoms with E-state index in [1.165, 1.54) is 28.4 Å². The van der Waals surface area contributed by atoms with Crippen molar-refractivity contribution in [1.29, 1.82) is 0 Å². The van der Waals surface area contributed by atoms with Gasteiger partial charge in [0.25, 0.3) is 0 Å². The van der Waals surface area contributed by atoms with E-state index >= 15 is 0 Å². The number of aliphatic hydroxyl groups excluding tert-OH is 4. The van der Waals surface area contributed by atoms with Crippen molar-refractivity contribution in [1.82, 2.24) is 0 Å². The van der Waals surface area contributed by atoms with Crippen LogP contribution in [-0.2, 0) is 20.6 Å². The molecule has 2 aliphatic rings. The summed E-state index contributed by atoms with van der Waals surface area (Å²) in [6, 6.07) is 6.68. The van der Waals surface area contributed by atoms with Gasteiger partial charge in [-0.1, -0.05) is 0 Å². The van der Waals surface area contributed by atoms with Crippen LogP contribution in [0.2, 0.25) is 0 Å². The normalized spacial score (nSPS) is 29.8. The SMILES string of the molecule is COc1cc(C[C@@H]2CO[C@@H](c3cc(OC)c(O)c(OC)c3)[C@@H]2CO[C@H]2O[C@H](CO)[C@H](O)[C@@H](O)[C@H]2O)cc(OC)c1O. The molecule has 6 N–H and O–H groups in total. The van der Waals surface area contributed by atoms with Gasteiger partial charge < -0.3 is 63.8 Å². The summed E-state index contributed by atoms with van der Waals surface area (Å²) in [4.78, 5) is 0. The highest BCUT2D eigenvalue weighted by Gasteiger charge is 2.46. The number of phenolic OH excluding ortho intramolecular Hbond substituents is 2. The average molecular weight is 583 g/mol. The molecular weight excluding hydrogens is 544 g/mol. The van der Waals surface area contributed by atoms with Crippen LogP contribution < -0.4 is 18.9 Å². The van der Waals surface area contributed by atoms with Crippen LogP contribution in [0.4, 0.5) is 0 Å². The van der Waals surface area contributed by atoms with Gasteiger partial charge in [0, 0.05) is 5.92 Å². The van der Waals surface area contributed by atoms with Crippen LogP contribution in [0.3, 0.4) is 0 Å². The van der Waals surface area contributed by atoms with Gasteiger partial charge in [0.2, 0.25) is 11.5 Å². The molecule has 0 aliphatic carbocycles. The molecule has 0 amide bonds. The summed E-state index contributed by atoms with van der Waals surface area (Å²) >= 11 is 0. The van der Waals surface area contributed by atoms with Gasteiger partial charge in [-0.05, 0) is 47.7 Å². The van der Waals surface area contributed by atoms with Gasteiger partial charge in [-0.3, -0.25) is 0 Å². The maximum atomic E-state index is 10.5. The molecular formula is C28H38O13. The van der Waals surface area contributed by atoms with Gasteiger partial charge >= 0.3 is 0 Å². The van der Waals surface area contributed by atoms with Crippen molar-refractivity contribution in [3.05, 3.63) is 35.4 Å². The van der Waals surface area contributed by atoms with Crippen molar-refractivity contribution < 1.29 is 63.8 Å². The fourth-order valence-electron chi connectivity index (χ4n) is 5.36. The molecule has 0 unspecified atom stereocenters. The van der Waals surface area contributed by atoms with E-state index < -0.39 is 43.4 Å². The Kier molecular flexibility index (Phi) is 10.0. The molecule has 0 bridgehead atoms. The van der Waals surface area contributed by atoms with Gasteiger partial charge in [0.05, 0.1) is 54.4 Å². The minimum absolute atomic E-state index is 0.0180. The van der Waals surface area contributed by atoms with E-state index in [9.17, 15) is 30.6 Å². The number of aromatic hydroxyl groups is 2. The van der Waals surface area contributed by atoms with E-state index in [0.717, 1.165) is 5.56 Å². The molecule has 13 heteroatoms. The predicted molar refractivity (Wildman–Crippen MR) is 142 cm³/mol. The highest BCUT2D eigenvalue weighted by atomic mass is 16.7. The molecule has 2 aromatic carbocycles. The summed E-state index contributed by atoms with van der Waals surface area (Å²) < 4.78 is 39.0. The first-order chi connectivity index (χ1) is 19.7. The molecule has 41 heavy (non-hydrogen) atoms. The van der Waals surface area contributed by atoms with E-state index in [2.05, 4.69) is 0 Å². The Morgan fingerprint density at radius 2 is 1.32 bits per heavy atom. The molecule has 2 fully saturated rings. The number of rotatable bonds is 11. The molecule has 4 rings (SSSR count). The van der Waals surface area contributed by atoms with E-state index in [0.29, 0.717) is 18.6 Å². The van der Waals surface area contributed by atoms with Gasteiger partial charge in [-0.25, -0.2) is 0 Å². The van der Waals surface area contributed by atoms with Crippen molar-refractivity contribution in [2.24, 2.45) is 11.8 Å². The molecule has 2 saturated heterocycles. The topological polar surface area (TPSA) is 186 Å². The van der Waals surface area contributed by atoms with Crippen molar-refractivity contribution in [3.63, 3.8) is 0 Å². The maximum Gasteiger partial charge on any atom is 0.200 e. The van der Waals surface area contributed by atoms with E-state index in [1.807, 2.05) is 0 Å². The van der Waals surface area contributed by atoms with Crippen molar-refractivity contribution in [2.45, 2.75) is 43.2 Å². The zero-order valence-electron chi connectivity index (χ0n) is 23.3. The third-order valence-electron chi connectivity index (χ3n) is 7.65. The van der Waals surface area contributed by atoms with Crippen molar-refractivity contribution >= 4 is 0 Å². The van der Waals surface area contributed by atoms with Crippen LogP contribution in [0.5, 0.6) is 34.5 Å². The lowest BCUT2D eigenvalue weighted by atomic mass is 9.84. The molecule has 8 atom stereocenters. The average Bonchev–Trinajstić information content (AvgIpc) is 3.38. The van der Waals surface area contributed by atoms with Gasteiger partial charge in [-0.15, -0.1) is 0 Å². The summed E-state index contributed by atoms with van der Waals surface area (Å²) in [5.74, 6) is 0.0485. The largest absolute Gasteiger partial charge is 0.502 e. The number of hydrogen-bond acceptors (Lipinski definition) is 13. The Labute approximate surface area is 237 Å². The number of hydrogen-bond donors (Lipinski definition) is 6. The maximum absolute atomic E-state index is 10.5. The lowest BCUT2D eigenvalue weighted by Gasteiger charge is -2.40. The number of methoxy groups -OCH3 is 4. The first-order valence-corrected chi connectivity index (χ1v) is 13.1. The molecule has 0 spiro atoms. The Balaban J connectivity index is 1.65. The molecule has 2 aliphatic heterocycles. The Morgan fingerprint density at radius 3 is 1.83 bits per heavy atom. The lowest BCUT2D eigenvalue weighted by molar-refractivity contribution is -0.304. The monoisotopic (exact) mass is 582 g/mol. The standard InChI is InChI=1S/C28H38O13/c1-35-17-6-13(7-18(36-2)22(17)30)5-15-11-39-27(14-8-19(37-3)23(31)20(9-14)38-4)16(15)12-40-28-26(34)25(33)24(32)21(10-29)41-28/h6-9,15-16,21,24-34H,5,10-12H2,1-4H3/t15-,16-,21-,24+,25-,26-,27+,28+/m1/s1. The quantitative estimate of drug-likeness (QED) is 0.215. The number of aliphatic hydroxyl groups is 4. The number of benzene rings is 2. The first kappa shape index (κ1) is 30.9. The summed E-state index contributed by atoms with van der Waals surface area (Å²) in [6.45, 7) is -0.305. The van der Waals surface area contributed by atoms with E-state index in [4.69, 9.17) is 33.2 Å². The van der Waals surface area contributed by atoms with Gasteiger partial charge in [0.1, 0.15) is 24.4 Å². The lowest BCUT2D eigenvalue weighted by Crippen LogP contribution is -2.59. The van der Waals surface area contributed by atoms with Gasteiger partial charge in [0.15, 0.2) is 29.3 Å². The smallest absolute Gasteiger partial charge is 0.200 e. The summed E-state index contributed by atoms with van der Waals surface area (Å²) in [5, 5.41) is 61.1. The summed E-state index contributed by atoms with van der Waals surface area (Å²) in [6.07, 6.45) is -7.22. The Hall–Kier alpha value is -3.04. The van der Waals surface area contributed by atoms with Gasteiger partial charge in [-0.2, -0.15) is 0 Å². The van der Waals surface area contributed by atoms with Crippen molar-refractivity contribution in [3.8, 4) is 34.5 Å². The zero-order valence-corrected chi connectivity index (χ0v) is 23.3. The highest BCUT2D eigenvalue weighted by molar-refractivity contribution is 5.54. The number of ether oxygens (including phenoxy) is 7. The third-order valence-corrected chi connectivity index (χ3v) is 7.65. The van der Waals surface area contributed by atoms with Crippen LogP contribution in [0.25, 0.3) is 0 Å². The summed E-state index contributed by atoms with van der Waals surface area (Å²) in [7, 11) is 5.72. The van der Waals surface area contributed by atoms with E-state index in [1.54, 1.807) is 24.3 Å². The van der Waals surface area contributed by atoms with Crippen molar-refractivity contribution in [2.75, 3.05) is 48.3 Å². The second-order valence-corrected chi connectivity index (χ2v) is 10.0. The second kappa shape index (κ2) is 13.3. The molecule has 228 valence electrons. The second-order valence-electron chi connectivity index (χ2n) is 10.0. The van der Waals surface area contributed by atoms with Crippen LogP contribution in [0.1, 0.15) is 17.2 Å². The summed E-state index contributed by atoms with van der Waals surface area (Å²) in [5.41, 5.74) is 1.44. The fraction of sp³-hybridized carbons (Fsp3) is 0.571. The minimum Gasteiger partial charge on any atom is -0.502 e. The third kappa shape index (κ3) is 6.26. The molecule has 0 radical (unpaired) electrons. The highest BCUT2D eigenvalue weighted by Crippen LogP contribution is 2.46. The molecule has 13 nitrogen and oxygen atoms in total. The zero-order chi connectivity index (χ0) is 29.8. The Morgan fingerprint density at radius 1 is 0.780 bits per heavy atom. The minimum atomic E-state index is -1.58. The van der Waals surface area contributed by atoms with Crippen LogP contribution in [0.15, 0.2) is 24.3 Å². The Bertz CT molecular complexity index is 1120. The first-order valence-electron chi connectivity index (χ1n) is 13.1. The van der Waals surface area contributed by atoms with Crippen LogP contribution >= 0.6 is 0 Å². The predicted octanol–water partition coefficient (Wildman–Crippen LogP) is 0.495. The fourth-order valence-corrected chi connectivity index (χ4v) is 5.36. The number of phenols is 2. The molecule has 0 aromatic heterocycles. The van der Waals surface area contributed by atoms with Crippen LogP contribution in [0, 0.1) is 11.8 Å². The molecule has 0 saturated carbocycles. The molecule has 2 aromatic rings. The molecule has 2 heterocycles.